The molecule has 0 aliphatic carbocycles. The summed E-state index contributed by atoms with van der Waals surface area (Å²) in [6.45, 7) is 4.14. The van der Waals surface area contributed by atoms with E-state index >= 15 is 0 Å². The summed E-state index contributed by atoms with van der Waals surface area (Å²) >= 11 is 0. The molecule has 0 saturated heterocycles. The summed E-state index contributed by atoms with van der Waals surface area (Å²) in [4.78, 5) is 58.4. The van der Waals surface area contributed by atoms with Crippen molar-refractivity contribution >= 4 is 29.6 Å². The lowest BCUT2D eigenvalue weighted by molar-refractivity contribution is -0.143. The topological polar surface area (TPSA) is 214 Å². The lowest BCUT2D eigenvalue weighted by atomic mass is 10.0. The van der Waals surface area contributed by atoms with Gasteiger partial charge in [-0.2, -0.15) is 0 Å². The molecule has 0 rings (SSSR count). The maximum atomic E-state index is 12.3. The molecule has 4 atom stereocenters. The van der Waals surface area contributed by atoms with Gasteiger partial charge in [0.1, 0.15) is 18.1 Å². The summed E-state index contributed by atoms with van der Waals surface area (Å²) in [7, 11) is 0. The summed E-state index contributed by atoms with van der Waals surface area (Å²) in [5, 5.41) is 24.3. The van der Waals surface area contributed by atoms with Crippen LogP contribution in [0.3, 0.4) is 0 Å². The highest BCUT2D eigenvalue weighted by molar-refractivity contribution is 5.95. The molecule has 0 fully saturated rings. The quantitative estimate of drug-likeness (QED) is 0.175. The molecule has 0 aliphatic rings. The first kappa shape index (κ1) is 25.3. The van der Waals surface area contributed by atoms with Gasteiger partial charge < -0.3 is 37.6 Å². The first-order valence-electron chi connectivity index (χ1n) is 8.67. The summed E-state index contributed by atoms with van der Waals surface area (Å²) in [5.74, 6) is -4.59. The van der Waals surface area contributed by atoms with E-state index in [4.69, 9.17) is 21.7 Å². The molecule has 28 heavy (non-hydrogen) atoms. The molecule has 0 bridgehead atoms. The Hall–Kier alpha value is -2.73. The van der Waals surface area contributed by atoms with E-state index < -0.39 is 66.8 Å². The molecular weight excluding hydrogens is 374 g/mol. The number of carboxylic acids is 1. The number of aliphatic carboxylic acids is 1. The van der Waals surface area contributed by atoms with E-state index in [0.29, 0.717) is 6.42 Å². The Labute approximate surface area is 162 Å². The number of carbonyl (C=O) groups is 5. The standard InChI is InChI=1S/C16H29N5O7/c1-7(2)4-9(17)14(25)20-10(5-12(18)23)15(26)19-8(3)13(24)21-11(6-22)16(27)28/h7-11,22H,4-6,17H2,1-3H3,(H2,18,23)(H,19,26)(H,20,25)(H,21,24)(H,27,28). The van der Waals surface area contributed by atoms with E-state index in [0.717, 1.165) is 0 Å². The Morgan fingerprint density at radius 3 is 1.86 bits per heavy atom. The second kappa shape index (κ2) is 11.9. The van der Waals surface area contributed by atoms with E-state index in [1.807, 2.05) is 19.2 Å². The van der Waals surface area contributed by atoms with Crippen LogP contribution in [-0.4, -0.2) is 70.6 Å². The van der Waals surface area contributed by atoms with Crippen molar-refractivity contribution in [1.82, 2.24) is 16.0 Å². The van der Waals surface area contributed by atoms with Gasteiger partial charge in [-0.1, -0.05) is 13.8 Å². The Balaban J connectivity index is 5.01. The molecule has 0 saturated carbocycles. The zero-order valence-corrected chi connectivity index (χ0v) is 16.1. The number of rotatable bonds is 12. The van der Waals surface area contributed by atoms with E-state index in [1.165, 1.54) is 6.92 Å². The van der Waals surface area contributed by atoms with E-state index in [1.54, 1.807) is 0 Å². The van der Waals surface area contributed by atoms with Crippen LogP contribution in [0, 0.1) is 5.92 Å². The predicted molar refractivity (Wildman–Crippen MR) is 97.4 cm³/mol. The van der Waals surface area contributed by atoms with Gasteiger partial charge in [-0.15, -0.1) is 0 Å². The molecule has 12 heteroatoms. The number of nitrogens with one attached hydrogen (secondary N) is 3. The fourth-order valence-corrected chi connectivity index (χ4v) is 2.17. The van der Waals surface area contributed by atoms with Gasteiger partial charge in [0.2, 0.25) is 23.6 Å². The number of amides is 4. The van der Waals surface area contributed by atoms with Crippen LogP contribution in [0.25, 0.3) is 0 Å². The number of carbonyl (C=O) groups excluding carboxylic acids is 4. The van der Waals surface area contributed by atoms with E-state index in [-0.39, 0.29) is 5.92 Å². The number of aliphatic hydroxyl groups excluding tert-OH is 1. The second-order valence-corrected chi connectivity index (χ2v) is 6.78. The number of carboxylic acid groups (broad SMARTS) is 1. The minimum Gasteiger partial charge on any atom is -0.480 e. The van der Waals surface area contributed by atoms with Gasteiger partial charge in [0.05, 0.1) is 19.1 Å². The second-order valence-electron chi connectivity index (χ2n) is 6.78. The number of hydrogen-bond donors (Lipinski definition) is 7. The number of nitrogens with two attached hydrogens (primary N) is 2. The third-order valence-corrected chi connectivity index (χ3v) is 3.65. The van der Waals surface area contributed by atoms with Crippen molar-refractivity contribution < 1.29 is 34.2 Å². The molecule has 4 unspecified atom stereocenters. The third kappa shape index (κ3) is 9.28. The first-order valence-corrected chi connectivity index (χ1v) is 8.67. The average molecular weight is 403 g/mol. The average Bonchev–Trinajstić information content (AvgIpc) is 2.57. The molecule has 4 amide bonds. The summed E-state index contributed by atoms with van der Waals surface area (Å²) in [6, 6.07) is -5.00. The highest BCUT2D eigenvalue weighted by atomic mass is 16.4. The summed E-state index contributed by atoms with van der Waals surface area (Å²) in [5.41, 5.74) is 10.8. The van der Waals surface area contributed by atoms with Gasteiger partial charge in [-0.3, -0.25) is 19.2 Å². The predicted octanol–water partition coefficient (Wildman–Crippen LogP) is -3.21. The number of hydrogen-bond acceptors (Lipinski definition) is 7. The molecule has 0 radical (unpaired) electrons. The van der Waals surface area contributed by atoms with Crippen molar-refractivity contribution in [3.8, 4) is 0 Å². The van der Waals surface area contributed by atoms with Gasteiger partial charge in [-0.05, 0) is 19.3 Å². The molecule has 9 N–H and O–H groups in total. The van der Waals surface area contributed by atoms with Crippen LogP contribution in [0.1, 0.15) is 33.6 Å². The Bertz CT molecular complexity index is 596. The molecule has 0 aromatic rings. The van der Waals surface area contributed by atoms with Gasteiger partial charge in [0, 0.05) is 0 Å². The van der Waals surface area contributed by atoms with Crippen molar-refractivity contribution in [3.63, 3.8) is 0 Å². The van der Waals surface area contributed by atoms with Gasteiger partial charge in [0.25, 0.3) is 0 Å². The van der Waals surface area contributed by atoms with Gasteiger partial charge in [-0.25, -0.2) is 4.79 Å². The smallest absolute Gasteiger partial charge is 0.328 e. The first-order chi connectivity index (χ1) is 12.9. The van der Waals surface area contributed by atoms with Gasteiger partial charge >= 0.3 is 5.97 Å². The van der Waals surface area contributed by atoms with Crippen molar-refractivity contribution in [3.05, 3.63) is 0 Å². The zero-order valence-electron chi connectivity index (χ0n) is 16.1. The van der Waals surface area contributed by atoms with E-state index in [2.05, 4.69) is 10.6 Å². The normalized spacial score (nSPS) is 15.1. The van der Waals surface area contributed by atoms with E-state index in [9.17, 15) is 24.0 Å². The lowest BCUT2D eigenvalue weighted by Gasteiger charge is -2.23. The maximum Gasteiger partial charge on any atom is 0.328 e. The van der Waals surface area contributed by atoms with Crippen molar-refractivity contribution in [2.75, 3.05) is 6.61 Å². The third-order valence-electron chi connectivity index (χ3n) is 3.65. The van der Waals surface area contributed by atoms with Crippen LogP contribution in [0.2, 0.25) is 0 Å². The number of primary amides is 1. The minimum absolute atomic E-state index is 0.126. The largest absolute Gasteiger partial charge is 0.480 e. The lowest BCUT2D eigenvalue weighted by Crippen LogP contribution is -2.57. The summed E-state index contributed by atoms with van der Waals surface area (Å²) < 4.78 is 0. The van der Waals surface area contributed by atoms with Crippen LogP contribution in [-0.2, 0) is 24.0 Å². The molecule has 0 spiro atoms. The van der Waals surface area contributed by atoms with Crippen molar-refractivity contribution in [2.24, 2.45) is 17.4 Å². The fraction of sp³-hybridized carbons (Fsp3) is 0.688. The summed E-state index contributed by atoms with van der Waals surface area (Å²) in [6.07, 6.45) is -0.165. The molecule has 160 valence electrons. The Kier molecular flexibility index (Phi) is 10.7. The van der Waals surface area contributed by atoms with Crippen LogP contribution in [0.15, 0.2) is 0 Å². The van der Waals surface area contributed by atoms with Gasteiger partial charge in [0.15, 0.2) is 0 Å². The van der Waals surface area contributed by atoms with Crippen molar-refractivity contribution in [2.45, 2.75) is 57.8 Å². The Morgan fingerprint density at radius 1 is 0.893 bits per heavy atom. The van der Waals surface area contributed by atoms with Crippen LogP contribution in [0.5, 0.6) is 0 Å². The van der Waals surface area contributed by atoms with Crippen LogP contribution >= 0.6 is 0 Å². The van der Waals surface area contributed by atoms with Crippen molar-refractivity contribution in [1.29, 1.82) is 0 Å². The molecule has 0 aromatic heterocycles. The fourth-order valence-electron chi connectivity index (χ4n) is 2.17. The molecular formula is C16H29N5O7. The number of aliphatic hydroxyl groups is 1. The Morgan fingerprint density at radius 2 is 1.43 bits per heavy atom. The highest BCUT2D eigenvalue weighted by Gasteiger charge is 2.29. The molecule has 0 aliphatic heterocycles. The SMILES string of the molecule is CC(C)CC(N)C(=O)NC(CC(N)=O)C(=O)NC(C)C(=O)NC(CO)C(=O)O. The highest BCUT2D eigenvalue weighted by Crippen LogP contribution is 2.04. The molecule has 0 heterocycles. The van der Waals surface area contributed by atoms with Crippen LogP contribution < -0.4 is 27.4 Å². The van der Waals surface area contributed by atoms with Crippen LogP contribution in [0.4, 0.5) is 0 Å². The minimum atomic E-state index is -1.54. The maximum absolute atomic E-state index is 12.3. The molecule has 0 aromatic carbocycles. The molecule has 12 nitrogen and oxygen atoms in total. The zero-order chi connectivity index (χ0) is 22.0. The monoisotopic (exact) mass is 403 g/mol.